The van der Waals surface area contributed by atoms with Gasteiger partial charge in [-0.25, -0.2) is 13.4 Å². The van der Waals surface area contributed by atoms with Crippen LogP contribution in [0, 0.1) is 0 Å². The Morgan fingerprint density at radius 1 is 1.24 bits per heavy atom. The maximum atomic E-state index is 11.4. The van der Waals surface area contributed by atoms with Crippen molar-refractivity contribution in [3.8, 4) is 11.6 Å². The van der Waals surface area contributed by atoms with E-state index in [4.69, 9.17) is 16.2 Å². The average molecular weight is 307 g/mol. The first-order valence-corrected chi connectivity index (χ1v) is 7.70. The molecule has 0 spiro atoms. The number of amides is 1. The Bertz CT molecular complexity index is 786. The van der Waals surface area contributed by atoms with Crippen LogP contribution >= 0.6 is 0 Å². The molecule has 0 bridgehead atoms. The van der Waals surface area contributed by atoms with Crippen LogP contribution in [0.1, 0.15) is 10.4 Å². The van der Waals surface area contributed by atoms with E-state index in [1.165, 1.54) is 36.5 Å². The molecule has 0 radical (unpaired) electrons. The fourth-order valence-electron chi connectivity index (χ4n) is 1.59. The van der Waals surface area contributed by atoms with Gasteiger partial charge < -0.3 is 16.2 Å². The highest BCUT2D eigenvalue weighted by molar-refractivity contribution is 7.90. The molecule has 2 aromatic rings. The number of nitrogen functional groups attached to an aromatic ring is 1. The minimum Gasteiger partial charge on any atom is -0.438 e. The van der Waals surface area contributed by atoms with Gasteiger partial charge in [-0.05, 0) is 30.3 Å². The lowest BCUT2D eigenvalue weighted by molar-refractivity contribution is 0.0997. The number of anilines is 1. The summed E-state index contributed by atoms with van der Waals surface area (Å²) >= 11 is 0. The second-order valence-electron chi connectivity index (χ2n) is 4.33. The van der Waals surface area contributed by atoms with Gasteiger partial charge in [0.15, 0.2) is 9.84 Å². The summed E-state index contributed by atoms with van der Waals surface area (Å²) in [6.07, 6.45) is 2.43. The first-order chi connectivity index (χ1) is 9.77. The van der Waals surface area contributed by atoms with Crippen molar-refractivity contribution >= 4 is 21.4 Å². The lowest BCUT2D eigenvalue weighted by Gasteiger charge is -2.09. The monoisotopic (exact) mass is 307 g/mol. The molecule has 1 heterocycles. The molecule has 0 aliphatic heterocycles. The predicted molar refractivity (Wildman–Crippen MR) is 76.8 cm³/mol. The smallest absolute Gasteiger partial charge is 0.254 e. The Morgan fingerprint density at radius 2 is 1.86 bits per heavy atom. The van der Waals surface area contributed by atoms with Crippen LogP contribution in [0.5, 0.6) is 11.6 Å². The zero-order valence-electron chi connectivity index (χ0n) is 11.1. The maximum Gasteiger partial charge on any atom is 0.254 e. The first kappa shape index (κ1) is 14.8. The van der Waals surface area contributed by atoms with Crippen molar-refractivity contribution in [2.45, 2.75) is 4.90 Å². The van der Waals surface area contributed by atoms with Crippen molar-refractivity contribution in [1.29, 1.82) is 0 Å². The third kappa shape index (κ3) is 3.48. The van der Waals surface area contributed by atoms with Crippen LogP contribution in [0.3, 0.4) is 0 Å². The number of benzene rings is 1. The molecule has 0 saturated carbocycles. The average Bonchev–Trinajstić information content (AvgIpc) is 2.40. The van der Waals surface area contributed by atoms with E-state index in [9.17, 15) is 13.2 Å². The standard InChI is InChI=1S/C13H13N3O4S/c1-21(18,19)10-4-2-9(3-5-10)20-13-11(12(15)17)6-8(14)7-16-13/h2-7H,14H2,1H3,(H2,15,17). The van der Waals surface area contributed by atoms with Crippen LogP contribution in [0.15, 0.2) is 41.4 Å². The fraction of sp³-hybridized carbons (Fsp3) is 0.0769. The number of sulfone groups is 1. The van der Waals surface area contributed by atoms with Crippen LogP contribution in [-0.2, 0) is 9.84 Å². The number of rotatable bonds is 4. The van der Waals surface area contributed by atoms with Gasteiger partial charge in [-0.15, -0.1) is 0 Å². The summed E-state index contributed by atoms with van der Waals surface area (Å²) < 4.78 is 28.1. The minimum absolute atomic E-state index is 0.00352. The second kappa shape index (κ2) is 5.41. The van der Waals surface area contributed by atoms with Gasteiger partial charge in [0, 0.05) is 6.26 Å². The van der Waals surface area contributed by atoms with E-state index in [-0.39, 0.29) is 22.0 Å². The van der Waals surface area contributed by atoms with Gasteiger partial charge in [-0.2, -0.15) is 0 Å². The molecule has 110 valence electrons. The number of nitrogens with two attached hydrogens (primary N) is 2. The molecule has 8 heteroatoms. The summed E-state index contributed by atoms with van der Waals surface area (Å²) in [7, 11) is -3.28. The summed E-state index contributed by atoms with van der Waals surface area (Å²) in [6.45, 7) is 0. The van der Waals surface area contributed by atoms with Crippen LogP contribution in [-0.4, -0.2) is 25.6 Å². The fourth-order valence-corrected chi connectivity index (χ4v) is 2.22. The molecule has 0 atom stereocenters. The van der Waals surface area contributed by atoms with Crippen LogP contribution in [0.4, 0.5) is 5.69 Å². The Hall–Kier alpha value is -2.61. The van der Waals surface area contributed by atoms with Gasteiger partial charge in [0.05, 0.1) is 16.8 Å². The number of carbonyl (C=O) groups is 1. The highest BCUT2D eigenvalue weighted by atomic mass is 32.2. The van der Waals surface area contributed by atoms with E-state index >= 15 is 0 Å². The van der Waals surface area contributed by atoms with Gasteiger partial charge >= 0.3 is 0 Å². The van der Waals surface area contributed by atoms with Gasteiger partial charge in [-0.3, -0.25) is 4.79 Å². The molecule has 0 saturated heterocycles. The number of aromatic nitrogens is 1. The van der Waals surface area contributed by atoms with E-state index < -0.39 is 15.7 Å². The molecule has 0 aliphatic carbocycles. The minimum atomic E-state index is -3.28. The summed E-state index contributed by atoms with van der Waals surface area (Å²) in [5, 5.41) is 0. The topological polar surface area (TPSA) is 125 Å². The van der Waals surface area contributed by atoms with E-state index in [0.29, 0.717) is 5.75 Å². The highest BCUT2D eigenvalue weighted by Crippen LogP contribution is 2.25. The zero-order chi connectivity index (χ0) is 15.6. The maximum absolute atomic E-state index is 11.4. The molecule has 21 heavy (non-hydrogen) atoms. The van der Waals surface area contributed by atoms with E-state index in [1.54, 1.807) is 0 Å². The number of ether oxygens (including phenoxy) is 1. The molecule has 1 aromatic heterocycles. The van der Waals surface area contributed by atoms with Crippen LogP contribution in [0.2, 0.25) is 0 Å². The van der Waals surface area contributed by atoms with E-state index in [0.717, 1.165) is 6.26 Å². The molecule has 0 aliphatic rings. The molecule has 4 N–H and O–H groups in total. The number of carbonyl (C=O) groups excluding carboxylic acids is 1. The quantitative estimate of drug-likeness (QED) is 0.866. The van der Waals surface area contributed by atoms with E-state index in [1.807, 2.05) is 0 Å². The number of primary amides is 1. The highest BCUT2D eigenvalue weighted by Gasteiger charge is 2.13. The molecular formula is C13H13N3O4S. The van der Waals surface area contributed by atoms with Crippen molar-refractivity contribution in [2.24, 2.45) is 5.73 Å². The summed E-state index contributed by atoms with van der Waals surface area (Å²) in [6, 6.07) is 7.06. The molecular weight excluding hydrogens is 294 g/mol. The van der Waals surface area contributed by atoms with Crippen molar-refractivity contribution in [3.63, 3.8) is 0 Å². The second-order valence-corrected chi connectivity index (χ2v) is 6.35. The molecule has 7 nitrogen and oxygen atoms in total. The van der Waals surface area contributed by atoms with Crippen molar-refractivity contribution in [1.82, 2.24) is 4.98 Å². The first-order valence-electron chi connectivity index (χ1n) is 5.80. The van der Waals surface area contributed by atoms with Gasteiger partial charge in [0.1, 0.15) is 11.3 Å². The number of pyridine rings is 1. The third-order valence-electron chi connectivity index (χ3n) is 2.60. The molecule has 0 unspecified atom stereocenters. The Morgan fingerprint density at radius 3 is 2.38 bits per heavy atom. The predicted octanol–water partition coefficient (Wildman–Crippen LogP) is 0.959. The SMILES string of the molecule is CS(=O)(=O)c1ccc(Oc2ncc(N)cc2C(N)=O)cc1. The summed E-state index contributed by atoms with van der Waals surface area (Å²) in [5.41, 5.74) is 11.1. The lowest BCUT2D eigenvalue weighted by Crippen LogP contribution is -2.13. The Labute approximate surface area is 121 Å². The largest absolute Gasteiger partial charge is 0.438 e. The van der Waals surface area contributed by atoms with E-state index in [2.05, 4.69) is 4.98 Å². The Kier molecular flexibility index (Phi) is 3.81. The van der Waals surface area contributed by atoms with Crippen LogP contribution in [0.25, 0.3) is 0 Å². The van der Waals surface area contributed by atoms with Gasteiger partial charge in [0.2, 0.25) is 5.88 Å². The van der Waals surface area contributed by atoms with Crippen LogP contribution < -0.4 is 16.2 Å². The van der Waals surface area contributed by atoms with Crippen molar-refractivity contribution < 1.29 is 17.9 Å². The Balaban J connectivity index is 2.33. The molecule has 2 rings (SSSR count). The molecule has 1 aromatic carbocycles. The molecule has 1 amide bonds. The number of nitrogens with zero attached hydrogens (tertiary/aromatic N) is 1. The lowest BCUT2D eigenvalue weighted by atomic mass is 10.2. The number of hydrogen-bond acceptors (Lipinski definition) is 6. The molecule has 0 fully saturated rings. The van der Waals surface area contributed by atoms with Gasteiger partial charge in [0.25, 0.3) is 5.91 Å². The zero-order valence-corrected chi connectivity index (χ0v) is 11.9. The van der Waals surface area contributed by atoms with Crippen molar-refractivity contribution in [3.05, 3.63) is 42.1 Å². The van der Waals surface area contributed by atoms with Crippen molar-refractivity contribution in [2.75, 3.05) is 12.0 Å². The number of hydrogen-bond donors (Lipinski definition) is 2. The normalized spacial score (nSPS) is 11.1. The summed E-state index contributed by atoms with van der Waals surface area (Å²) in [4.78, 5) is 15.4. The third-order valence-corrected chi connectivity index (χ3v) is 3.73. The summed E-state index contributed by atoms with van der Waals surface area (Å²) in [5.74, 6) is -0.400. The van der Waals surface area contributed by atoms with Gasteiger partial charge in [-0.1, -0.05) is 0 Å².